The Bertz CT molecular complexity index is 471. The van der Waals surface area contributed by atoms with Crippen LogP contribution in [0.4, 0.5) is 0 Å². The highest BCUT2D eigenvalue weighted by Crippen LogP contribution is 2.30. The Morgan fingerprint density at radius 3 is 2.58 bits per heavy atom. The summed E-state index contributed by atoms with van der Waals surface area (Å²) >= 11 is 11.2. The van der Waals surface area contributed by atoms with Crippen LogP contribution in [0.3, 0.4) is 0 Å². The van der Waals surface area contributed by atoms with E-state index in [1.165, 1.54) is 0 Å². The number of hydrogen-bond acceptors (Lipinski definition) is 3. The number of halogens is 1. The van der Waals surface area contributed by atoms with Crippen LogP contribution in [0.2, 0.25) is 5.02 Å². The molecule has 3 nitrogen and oxygen atoms in total. The number of nitrogens with two attached hydrogens (primary N) is 1. The zero-order valence-corrected chi connectivity index (χ0v) is 12.6. The molecular formula is C14H18ClNO2S. The van der Waals surface area contributed by atoms with E-state index in [0.717, 1.165) is 12.8 Å². The van der Waals surface area contributed by atoms with Gasteiger partial charge in [-0.3, -0.25) is 0 Å². The van der Waals surface area contributed by atoms with Crippen molar-refractivity contribution in [2.24, 2.45) is 5.73 Å². The van der Waals surface area contributed by atoms with Gasteiger partial charge >= 0.3 is 0 Å². The first kappa shape index (κ1) is 14.6. The molecular weight excluding hydrogens is 282 g/mol. The van der Waals surface area contributed by atoms with Crippen LogP contribution in [-0.2, 0) is 4.74 Å². The minimum absolute atomic E-state index is 0.102. The van der Waals surface area contributed by atoms with Gasteiger partial charge in [0.05, 0.1) is 22.8 Å². The summed E-state index contributed by atoms with van der Waals surface area (Å²) in [6.07, 6.45) is 2.20. The van der Waals surface area contributed by atoms with Crippen molar-refractivity contribution in [2.75, 3.05) is 0 Å². The predicted octanol–water partition coefficient (Wildman–Crippen LogP) is 3.31. The molecule has 1 fully saturated rings. The molecule has 0 amide bonds. The van der Waals surface area contributed by atoms with E-state index >= 15 is 0 Å². The molecule has 1 heterocycles. The molecule has 1 saturated heterocycles. The Kier molecular flexibility index (Phi) is 4.66. The first-order chi connectivity index (χ1) is 8.97. The lowest BCUT2D eigenvalue weighted by Crippen LogP contribution is -2.36. The van der Waals surface area contributed by atoms with Crippen molar-refractivity contribution in [2.45, 2.75) is 45.0 Å². The molecule has 2 N–H and O–H groups in total. The molecule has 1 aromatic rings. The third kappa shape index (κ3) is 3.59. The van der Waals surface area contributed by atoms with Crippen LogP contribution >= 0.6 is 23.8 Å². The first-order valence-corrected chi connectivity index (χ1v) is 7.16. The minimum Gasteiger partial charge on any atom is -0.489 e. The molecule has 1 aromatic carbocycles. The van der Waals surface area contributed by atoms with Crippen molar-refractivity contribution in [3.05, 3.63) is 28.8 Å². The number of hydrogen-bond donors (Lipinski definition) is 1. The lowest BCUT2D eigenvalue weighted by molar-refractivity contribution is -0.0721. The second-order valence-corrected chi connectivity index (χ2v) is 5.79. The van der Waals surface area contributed by atoms with Gasteiger partial charge in [-0.05, 0) is 26.0 Å². The van der Waals surface area contributed by atoms with Crippen LogP contribution in [0.5, 0.6) is 5.75 Å². The Hall–Kier alpha value is -0.840. The standard InChI is InChI=1S/C14H18ClNO2S/c1-8-6-10(7-9(2)17-8)18-12-5-3-4-11(15)13(12)14(16)19/h3-5,8-10H,6-7H2,1-2H3,(H2,16,19). The van der Waals surface area contributed by atoms with Gasteiger partial charge in [0, 0.05) is 12.8 Å². The summed E-state index contributed by atoms with van der Waals surface area (Å²) in [6, 6.07) is 5.45. The average Bonchev–Trinajstić information content (AvgIpc) is 2.26. The first-order valence-electron chi connectivity index (χ1n) is 6.37. The molecule has 2 unspecified atom stereocenters. The Labute approximate surface area is 124 Å². The zero-order chi connectivity index (χ0) is 14.0. The normalized spacial score (nSPS) is 27.0. The monoisotopic (exact) mass is 299 g/mol. The highest BCUT2D eigenvalue weighted by molar-refractivity contribution is 7.80. The SMILES string of the molecule is CC1CC(Oc2cccc(Cl)c2C(N)=S)CC(C)O1. The van der Waals surface area contributed by atoms with Gasteiger partial charge in [0.25, 0.3) is 0 Å². The van der Waals surface area contributed by atoms with Gasteiger partial charge in [-0.15, -0.1) is 0 Å². The average molecular weight is 300 g/mol. The van der Waals surface area contributed by atoms with Crippen molar-refractivity contribution >= 4 is 28.8 Å². The maximum Gasteiger partial charge on any atom is 0.131 e. The maximum atomic E-state index is 6.13. The van der Waals surface area contributed by atoms with Gasteiger partial charge in [-0.2, -0.15) is 0 Å². The summed E-state index contributed by atoms with van der Waals surface area (Å²) in [7, 11) is 0. The van der Waals surface area contributed by atoms with Crippen molar-refractivity contribution in [1.82, 2.24) is 0 Å². The molecule has 0 bridgehead atoms. The van der Waals surface area contributed by atoms with Gasteiger partial charge < -0.3 is 15.2 Å². The lowest BCUT2D eigenvalue weighted by Gasteiger charge is -2.32. The zero-order valence-electron chi connectivity index (χ0n) is 11.1. The van der Waals surface area contributed by atoms with Gasteiger partial charge in [-0.1, -0.05) is 29.9 Å². The molecule has 104 valence electrons. The van der Waals surface area contributed by atoms with E-state index in [-0.39, 0.29) is 23.3 Å². The van der Waals surface area contributed by atoms with E-state index in [1.807, 2.05) is 12.1 Å². The van der Waals surface area contributed by atoms with Crippen LogP contribution in [0.25, 0.3) is 0 Å². The third-order valence-electron chi connectivity index (χ3n) is 3.17. The third-order valence-corrected chi connectivity index (χ3v) is 3.69. The van der Waals surface area contributed by atoms with E-state index in [4.69, 9.17) is 39.0 Å². The van der Waals surface area contributed by atoms with Gasteiger partial charge in [0.2, 0.25) is 0 Å². The van der Waals surface area contributed by atoms with E-state index < -0.39 is 0 Å². The summed E-state index contributed by atoms with van der Waals surface area (Å²) in [6.45, 7) is 4.11. The maximum absolute atomic E-state index is 6.13. The van der Waals surface area contributed by atoms with E-state index in [0.29, 0.717) is 16.3 Å². The highest BCUT2D eigenvalue weighted by atomic mass is 35.5. The van der Waals surface area contributed by atoms with E-state index in [1.54, 1.807) is 6.07 Å². The molecule has 0 aromatic heterocycles. The Morgan fingerprint density at radius 1 is 1.37 bits per heavy atom. The summed E-state index contributed by atoms with van der Waals surface area (Å²) < 4.78 is 11.7. The molecule has 1 aliphatic rings. The summed E-state index contributed by atoms with van der Waals surface area (Å²) in [4.78, 5) is 0.258. The summed E-state index contributed by atoms with van der Waals surface area (Å²) in [5.74, 6) is 0.659. The van der Waals surface area contributed by atoms with Crippen molar-refractivity contribution in [3.8, 4) is 5.75 Å². The molecule has 0 radical (unpaired) electrons. The van der Waals surface area contributed by atoms with Crippen LogP contribution in [0, 0.1) is 0 Å². The highest BCUT2D eigenvalue weighted by Gasteiger charge is 2.26. The Morgan fingerprint density at radius 2 is 2.00 bits per heavy atom. The van der Waals surface area contributed by atoms with Crippen LogP contribution in [-0.4, -0.2) is 23.3 Å². The molecule has 0 spiro atoms. The minimum atomic E-state index is 0.102. The number of benzene rings is 1. The lowest BCUT2D eigenvalue weighted by atomic mass is 10.0. The largest absolute Gasteiger partial charge is 0.489 e. The van der Waals surface area contributed by atoms with Crippen molar-refractivity contribution < 1.29 is 9.47 Å². The fourth-order valence-electron chi connectivity index (χ4n) is 2.46. The second kappa shape index (κ2) is 6.07. The number of rotatable bonds is 3. The van der Waals surface area contributed by atoms with E-state index in [9.17, 15) is 0 Å². The molecule has 2 rings (SSSR count). The van der Waals surface area contributed by atoms with Crippen LogP contribution < -0.4 is 10.5 Å². The number of thiocarbonyl (C=S) groups is 1. The number of ether oxygens (including phenoxy) is 2. The molecule has 5 heteroatoms. The topological polar surface area (TPSA) is 44.5 Å². The van der Waals surface area contributed by atoms with Crippen LogP contribution in [0.1, 0.15) is 32.3 Å². The van der Waals surface area contributed by atoms with Crippen molar-refractivity contribution in [1.29, 1.82) is 0 Å². The molecule has 2 atom stereocenters. The van der Waals surface area contributed by atoms with Gasteiger partial charge in [0.15, 0.2) is 0 Å². The smallest absolute Gasteiger partial charge is 0.131 e. The van der Waals surface area contributed by atoms with Gasteiger partial charge in [-0.25, -0.2) is 0 Å². The molecule has 19 heavy (non-hydrogen) atoms. The molecule has 0 saturated carbocycles. The molecule has 0 aliphatic carbocycles. The Balaban J connectivity index is 2.19. The van der Waals surface area contributed by atoms with Gasteiger partial charge in [0.1, 0.15) is 16.8 Å². The fraction of sp³-hybridized carbons (Fsp3) is 0.500. The fourth-order valence-corrected chi connectivity index (χ4v) is 3.00. The van der Waals surface area contributed by atoms with E-state index in [2.05, 4.69) is 13.8 Å². The summed E-state index contributed by atoms with van der Waals surface area (Å²) in [5, 5.41) is 0.526. The van der Waals surface area contributed by atoms with Crippen molar-refractivity contribution in [3.63, 3.8) is 0 Å². The molecule has 1 aliphatic heterocycles. The summed E-state index contributed by atoms with van der Waals surface area (Å²) in [5.41, 5.74) is 6.33. The predicted molar refractivity (Wildman–Crippen MR) is 81.0 cm³/mol. The van der Waals surface area contributed by atoms with Crippen LogP contribution in [0.15, 0.2) is 18.2 Å². The second-order valence-electron chi connectivity index (χ2n) is 4.95. The quantitative estimate of drug-likeness (QED) is 0.870.